The van der Waals surface area contributed by atoms with E-state index in [1.165, 1.54) is 12.1 Å². The van der Waals surface area contributed by atoms with Gasteiger partial charge in [0.15, 0.2) is 0 Å². The Labute approximate surface area is 143 Å². The van der Waals surface area contributed by atoms with E-state index >= 15 is 0 Å². The van der Waals surface area contributed by atoms with Crippen LogP contribution in [-0.2, 0) is 12.5 Å². The molecule has 1 nitrogen and oxygen atoms in total. The van der Waals surface area contributed by atoms with Gasteiger partial charge in [0.1, 0.15) is 24.0 Å². The maximum absolute atomic E-state index is 13.9. The molecule has 0 N–H and O–H groups in total. The fourth-order valence-electron chi connectivity index (χ4n) is 1.95. The number of ether oxygens (including phenoxy) is 1. The second-order valence-corrected chi connectivity index (χ2v) is 6.49. The Bertz CT molecular complexity index is 677. The van der Waals surface area contributed by atoms with Crippen molar-refractivity contribution in [3.05, 3.63) is 61.5 Å². The van der Waals surface area contributed by atoms with Crippen molar-refractivity contribution >= 4 is 43.5 Å². The lowest BCUT2D eigenvalue weighted by Crippen LogP contribution is -2.05. The van der Waals surface area contributed by atoms with E-state index < -0.39 is 11.6 Å². The van der Waals surface area contributed by atoms with Crippen LogP contribution in [0.2, 0.25) is 0 Å². The van der Waals surface area contributed by atoms with Gasteiger partial charge in [-0.25, -0.2) is 8.78 Å². The van der Waals surface area contributed by atoms with Gasteiger partial charge in [0, 0.05) is 10.0 Å². The average Bonchev–Trinajstić information content (AvgIpc) is 2.44. The molecule has 0 aliphatic heterocycles. The Morgan fingerprint density at radius 2 is 1.90 bits per heavy atom. The average molecular weight is 441 g/mol. The first-order valence-electron chi connectivity index (χ1n) is 6.04. The van der Waals surface area contributed by atoms with Crippen LogP contribution >= 0.6 is 43.5 Å². The molecule has 112 valence electrons. The second-order valence-electron chi connectivity index (χ2n) is 4.45. The number of alkyl halides is 1. The van der Waals surface area contributed by atoms with E-state index in [1.54, 1.807) is 0 Å². The Hall–Kier alpha value is -0.650. The second kappa shape index (κ2) is 7.07. The summed E-state index contributed by atoms with van der Waals surface area (Å²) >= 11 is 12.3. The van der Waals surface area contributed by atoms with E-state index in [9.17, 15) is 8.78 Å². The van der Waals surface area contributed by atoms with Gasteiger partial charge in [-0.2, -0.15) is 0 Å². The molecule has 0 saturated heterocycles. The van der Waals surface area contributed by atoms with Gasteiger partial charge in [0.05, 0.1) is 15.9 Å². The zero-order valence-electron chi connectivity index (χ0n) is 11.0. The van der Waals surface area contributed by atoms with Crippen molar-refractivity contribution in [2.24, 2.45) is 0 Å². The molecular formula is C15H11Br2ClF2O. The van der Waals surface area contributed by atoms with Crippen molar-refractivity contribution in [1.82, 2.24) is 0 Å². The molecular weight excluding hydrogens is 429 g/mol. The smallest absolute Gasteiger partial charge is 0.146 e. The van der Waals surface area contributed by atoms with Crippen LogP contribution in [0.4, 0.5) is 8.78 Å². The SMILES string of the molecule is Cc1cc(Br)cc(CCl)c1OCc1c(F)ccc(Br)c1F. The Morgan fingerprint density at radius 3 is 2.57 bits per heavy atom. The van der Waals surface area contributed by atoms with Crippen molar-refractivity contribution in [1.29, 1.82) is 0 Å². The predicted molar refractivity (Wildman–Crippen MR) is 86.8 cm³/mol. The maximum Gasteiger partial charge on any atom is 0.146 e. The van der Waals surface area contributed by atoms with Crippen LogP contribution in [0.15, 0.2) is 33.2 Å². The summed E-state index contributed by atoms with van der Waals surface area (Å²) in [7, 11) is 0. The summed E-state index contributed by atoms with van der Waals surface area (Å²) in [5.74, 6) is -0.499. The van der Waals surface area contributed by atoms with Crippen LogP contribution in [-0.4, -0.2) is 0 Å². The standard InChI is InChI=1S/C15H11Br2ClF2O/c1-8-4-10(16)5-9(6-18)15(8)21-7-11-13(19)3-2-12(17)14(11)20/h2-5H,6-7H2,1H3. The first-order chi connectivity index (χ1) is 9.93. The normalized spacial score (nSPS) is 10.8. The van der Waals surface area contributed by atoms with Crippen LogP contribution in [0.25, 0.3) is 0 Å². The largest absolute Gasteiger partial charge is 0.488 e. The monoisotopic (exact) mass is 438 g/mol. The summed E-state index contributed by atoms with van der Waals surface area (Å²) in [6, 6.07) is 6.20. The molecule has 0 fully saturated rings. The number of halogens is 5. The minimum atomic E-state index is -0.655. The predicted octanol–water partition coefficient (Wildman–Crippen LogP) is 6.12. The topological polar surface area (TPSA) is 9.23 Å². The summed E-state index contributed by atoms with van der Waals surface area (Å²) in [6.07, 6.45) is 0. The highest BCUT2D eigenvalue weighted by atomic mass is 79.9. The molecule has 0 aliphatic rings. The summed E-state index contributed by atoms with van der Waals surface area (Å²) in [4.78, 5) is 0. The molecule has 0 aliphatic carbocycles. The van der Waals surface area contributed by atoms with E-state index in [2.05, 4.69) is 31.9 Å². The molecule has 0 heterocycles. The molecule has 0 amide bonds. The zero-order chi connectivity index (χ0) is 15.6. The Kier molecular flexibility index (Phi) is 5.63. The maximum atomic E-state index is 13.9. The highest BCUT2D eigenvalue weighted by molar-refractivity contribution is 9.10. The molecule has 0 aromatic heterocycles. The quantitative estimate of drug-likeness (QED) is 0.411. The fraction of sp³-hybridized carbons (Fsp3) is 0.200. The van der Waals surface area contributed by atoms with Gasteiger partial charge < -0.3 is 4.74 Å². The molecule has 0 unspecified atom stereocenters. The Balaban J connectivity index is 2.31. The fourth-order valence-corrected chi connectivity index (χ4v) is 3.14. The molecule has 6 heteroatoms. The third-order valence-corrected chi connectivity index (χ3v) is 4.32. The molecule has 0 bridgehead atoms. The first kappa shape index (κ1) is 16.7. The van der Waals surface area contributed by atoms with Crippen LogP contribution in [0.3, 0.4) is 0 Å². The summed E-state index contributed by atoms with van der Waals surface area (Å²) in [5, 5.41) is 0. The van der Waals surface area contributed by atoms with Gasteiger partial charge >= 0.3 is 0 Å². The van der Waals surface area contributed by atoms with Gasteiger partial charge in [-0.05, 0) is 52.7 Å². The van der Waals surface area contributed by atoms with E-state index in [-0.39, 0.29) is 22.5 Å². The lowest BCUT2D eigenvalue weighted by Gasteiger charge is -2.14. The molecule has 0 saturated carbocycles. The van der Waals surface area contributed by atoms with Gasteiger partial charge in [-0.1, -0.05) is 15.9 Å². The van der Waals surface area contributed by atoms with Gasteiger partial charge in [0.25, 0.3) is 0 Å². The van der Waals surface area contributed by atoms with E-state index in [0.717, 1.165) is 15.6 Å². The minimum absolute atomic E-state index is 0.118. The summed E-state index contributed by atoms with van der Waals surface area (Å²) in [5.41, 5.74) is 1.49. The first-order valence-corrected chi connectivity index (χ1v) is 8.16. The molecule has 2 aromatic rings. The van der Waals surface area contributed by atoms with Crippen LogP contribution in [0, 0.1) is 18.6 Å². The number of benzene rings is 2. The lowest BCUT2D eigenvalue weighted by atomic mass is 10.1. The number of aryl methyl sites for hydroxylation is 1. The molecule has 2 rings (SSSR count). The van der Waals surface area contributed by atoms with Crippen molar-refractivity contribution in [2.75, 3.05) is 0 Å². The zero-order valence-corrected chi connectivity index (χ0v) is 14.9. The lowest BCUT2D eigenvalue weighted by molar-refractivity contribution is 0.288. The third kappa shape index (κ3) is 3.76. The molecule has 2 aromatic carbocycles. The van der Waals surface area contributed by atoms with E-state index in [0.29, 0.717) is 5.75 Å². The van der Waals surface area contributed by atoms with Gasteiger partial charge in [0.2, 0.25) is 0 Å². The molecule has 0 radical (unpaired) electrons. The van der Waals surface area contributed by atoms with Crippen LogP contribution in [0.1, 0.15) is 16.7 Å². The van der Waals surface area contributed by atoms with E-state index in [4.69, 9.17) is 16.3 Å². The van der Waals surface area contributed by atoms with E-state index in [1.807, 2.05) is 19.1 Å². The molecule has 21 heavy (non-hydrogen) atoms. The Morgan fingerprint density at radius 1 is 1.19 bits per heavy atom. The third-order valence-electron chi connectivity index (χ3n) is 2.96. The molecule has 0 atom stereocenters. The number of hydrogen-bond donors (Lipinski definition) is 0. The highest BCUT2D eigenvalue weighted by Gasteiger charge is 2.15. The van der Waals surface area contributed by atoms with Gasteiger partial charge in [-0.3, -0.25) is 0 Å². The van der Waals surface area contributed by atoms with Crippen molar-refractivity contribution in [2.45, 2.75) is 19.4 Å². The van der Waals surface area contributed by atoms with Crippen molar-refractivity contribution in [3.63, 3.8) is 0 Å². The van der Waals surface area contributed by atoms with Crippen LogP contribution < -0.4 is 4.74 Å². The van der Waals surface area contributed by atoms with Gasteiger partial charge in [-0.15, -0.1) is 11.6 Å². The van der Waals surface area contributed by atoms with Crippen LogP contribution in [0.5, 0.6) is 5.75 Å². The van der Waals surface area contributed by atoms with Crippen molar-refractivity contribution < 1.29 is 13.5 Å². The summed E-state index contributed by atoms with van der Waals surface area (Å²) < 4.78 is 34.3. The van der Waals surface area contributed by atoms with Crippen molar-refractivity contribution in [3.8, 4) is 5.75 Å². The molecule has 0 spiro atoms. The number of rotatable bonds is 4. The number of hydrogen-bond acceptors (Lipinski definition) is 1. The minimum Gasteiger partial charge on any atom is -0.488 e. The highest BCUT2D eigenvalue weighted by Crippen LogP contribution is 2.31. The summed E-state index contributed by atoms with van der Waals surface area (Å²) in [6.45, 7) is 1.65.